The maximum atomic E-state index is 14.2. The van der Waals surface area contributed by atoms with Crippen LogP contribution in [0.5, 0.6) is 0 Å². The smallest absolute Gasteiger partial charge is 0.142 e. The Labute approximate surface area is 111 Å². The van der Waals surface area contributed by atoms with E-state index in [4.69, 9.17) is 0 Å². The van der Waals surface area contributed by atoms with E-state index in [9.17, 15) is 4.39 Å². The molecular weight excluding hydrogens is 281 g/mol. The van der Waals surface area contributed by atoms with Crippen molar-refractivity contribution in [2.45, 2.75) is 39.2 Å². The van der Waals surface area contributed by atoms with Crippen molar-refractivity contribution in [2.75, 3.05) is 6.54 Å². The highest BCUT2D eigenvalue weighted by molar-refractivity contribution is 9.10. The first-order valence-electron chi connectivity index (χ1n) is 6.26. The minimum absolute atomic E-state index is 0.116. The van der Waals surface area contributed by atoms with Crippen LogP contribution in [-0.4, -0.2) is 6.54 Å². The lowest BCUT2D eigenvalue weighted by atomic mass is 9.91. The maximum absolute atomic E-state index is 14.2. The van der Waals surface area contributed by atoms with Gasteiger partial charge in [0.15, 0.2) is 0 Å². The molecule has 0 aliphatic heterocycles. The Morgan fingerprint density at radius 2 is 2.18 bits per heavy atom. The molecule has 1 saturated carbocycles. The molecule has 3 heteroatoms. The van der Waals surface area contributed by atoms with Crippen LogP contribution in [0.3, 0.4) is 0 Å². The molecule has 1 aliphatic rings. The quantitative estimate of drug-likeness (QED) is 0.848. The highest BCUT2D eigenvalue weighted by atomic mass is 79.9. The van der Waals surface area contributed by atoms with E-state index in [0.29, 0.717) is 4.47 Å². The zero-order valence-corrected chi connectivity index (χ0v) is 12.0. The third kappa shape index (κ3) is 2.71. The van der Waals surface area contributed by atoms with Crippen molar-refractivity contribution >= 4 is 15.9 Å². The van der Waals surface area contributed by atoms with Crippen LogP contribution in [0.25, 0.3) is 0 Å². The molecule has 0 aromatic heterocycles. The van der Waals surface area contributed by atoms with Gasteiger partial charge in [0.2, 0.25) is 0 Å². The Morgan fingerprint density at radius 1 is 1.47 bits per heavy atom. The summed E-state index contributed by atoms with van der Waals surface area (Å²) in [5.41, 5.74) is 1.03. The molecule has 0 saturated heterocycles. The first-order chi connectivity index (χ1) is 8.08. The lowest BCUT2D eigenvalue weighted by Gasteiger charge is -2.26. The van der Waals surface area contributed by atoms with Crippen LogP contribution in [0.4, 0.5) is 4.39 Å². The van der Waals surface area contributed by atoms with E-state index < -0.39 is 0 Å². The minimum atomic E-state index is -0.116. The third-order valence-electron chi connectivity index (χ3n) is 3.63. The van der Waals surface area contributed by atoms with E-state index in [1.165, 1.54) is 12.8 Å². The van der Waals surface area contributed by atoms with Gasteiger partial charge in [-0.1, -0.05) is 26.0 Å². The average Bonchev–Trinajstić information content (AvgIpc) is 3.04. The Kier molecular flexibility index (Phi) is 3.88. The van der Waals surface area contributed by atoms with E-state index in [-0.39, 0.29) is 17.3 Å². The van der Waals surface area contributed by atoms with Gasteiger partial charge in [0.1, 0.15) is 5.82 Å². The number of nitrogens with one attached hydrogen (secondary N) is 1. The minimum Gasteiger partial charge on any atom is -0.309 e. The number of benzene rings is 1. The fraction of sp³-hybridized carbons (Fsp3) is 0.571. The molecule has 0 amide bonds. The van der Waals surface area contributed by atoms with Crippen LogP contribution in [0.1, 0.15) is 44.7 Å². The Balaban J connectivity index is 2.28. The van der Waals surface area contributed by atoms with Crippen LogP contribution in [0.2, 0.25) is 0 Å². The molecular formula is C14H19BrFN. The van der Waals surface area contributed by atoms with Gasteiger partial charge in [-0.25, -0.2) is 4.39 Å². The fourth-order valence-corrected chi connectivity index (χ4v) is 2.63. The van der Waals surface area contributed by atoms with Crippen LogP contribution in [0, 0.1) is 11.2 Å². The van der Waals surface area contributed by atoms with Gasteiger partial charge >= 0.3 is 0 Å². The van der Waals surface area contributed by atoms with Gasteiger partial charge in [-0.05, 0) is 53.2 Å². The highest BCUT2D eigenvalue weighted by Crippen LogP contribution is 2.55. The van der Waals surface area contributed by atoms with Gasteiger partial charge in [-0.15, -0.1) is 0 Å². The summed E-state index contributed by atoms with van der Waals surface area (Å²) in [6, 6.07) is 5.71. The second-order valence-corrected chi connectivity index (χ2v) is 6.04. The van der Waals surface area contributed by atoms with Gasteiger partial charge in [-0.2, -0.15) is 0 Å². The predicted octanol–water partition coefficient (Wildman–Crippen LogP) is 4.43. The lowest BCUT2D eigenvalue weighted by Crippen LogP contribution is -2.29. The van der Waals surface area contributed by atoms with Crippen LogP contribution < -0.4 is 5.32 Å². The number of rotatable bonds is 5. The van der Waals surface area contributed by atoms with Gasteiger partial charge in [0.25, 0.3) is 0 Å². The summed E-state index contributed by atoms with van der Waals surface area (Å²) in [5, 5.41) is 3.50. The number of halogens is 2. The molecule has 17 heavy (non-hydrogen) atoms. The van der Waals surface area contributed by atoms with E-state index >= 15 is 0 Å². The molecule has 2 rings (SSSR count). The van der Waals surface area contributed by atoms with Gasteiger partial charge in [0.05, 0.1) is 4.47 Å². The van der Waals surface area contributed by atoms with Crippen molar-refractivity contribution in [3.05, 3.63) is 34.1 Å². The zero-order chi connectivity index (χ0) is 12.5. The van der Waals surface area contributed by atoms with E-state index in [0.717, 1.165) is 18.5 Å². The van der Waals surface area contributed by atoms with Crippen molar-refractivity contribution in [3.8, 4) is 0 Å². The molecule has 1 N–H and O–H groups in total. The molecule has 94 valence electrons. The van der Waals surface area contributed by atoms with E-state index in [1.54, 1.807) is 6.07 Å². The van der Waals surface area contributed by atoms with E-state index in [1.807, 2.05) is 12.1 Å². The van der Waals surface area contributed by atoms with Gasteiger partial charge in [-0.3, -0.25) is 0 Å². The molecule has 1 fully saturated rings. The normalized spacial score (nSPS) is 19.1. The molecule has 1 aliphatic carbocycles. The SMILES string of the molecule is CCCNC(c1cccc(Br)c1F)C1(C)CC1. The first kappa shape index (κ1) is 13.0. The second-order valence-electron chi connectivity index (χ2n) is 5.18. The maximum Gasteiger partial charge on any atom is 0.142 e. The molecule has 1 nitrogen and oxygen atoms in total. The van der Waals surface area contributed by atoms with Crippen molar-refractivity contribution in [2.24, 2.45) is 5.41 Å². The summed E-state index contributed by atoms with van der Waals surface area (Å²) in [4.78, 5) is 0. The van der Waals surface area contributed by atoms with Crippen molar-refractivity contribution in [1.29, 1.82) is 0 Å². The molecule has 0 bridgehead atoms. The standard InChI is InChI=1S/C14H19BrFN/c1-3-9-17-13(14(2)7-8-14)10-5-4-6-11(15)12(10)16/h4-6,13,17H,3,7-9H2,1-2H3. The summed E-state index contributed by atoms with van der Waals surface area (Å²) in [6.07, 6.45) is 3.43. The molecule has 0 heterocycles. The van der Waals surface area contributed by atoms with Crippen LogP contribution >= 0.6 is 15.9 Å². The van der Waals surface area contributed by atoms with E-state index in [2.05, 4.69) is 35.1 Å². The van der Waals surface area contributed by atoms with Crippen molar-refractivity contribution < 1.29 is 4.39 Å². The fourth-order valence-electron chi connectivity index (χ4n) is 2.25. The molecule has 1 atom stereocenters. The third-order valence-corrected chi connectivity index (χ3v) is 4.24. The van der Waals surface area contributed by atoms with Gasteiger partial charge < -0.3 is 5.32 Å². The zero-order valence-electron chi connectivity index (χ0n) is 10.4. The number of hydrogen-bond acceptors (Lipinski definition) is 1. The molecule has 1 aromatic carbocycles. The summed E-state index contributed by atoms with van der Waals surface area (Å²) >= 11 is 3.27. The summed E-state index contributed by atoms with van der Waals surface area (Å²) in [5.74, 6) is -0.116. The lowest BCUT2D eigenvalue weighted by molar-refractivity contribution is 0.355. The predicted molar refractivity (Wildman–Crippen MR) is 72.5 cm³/mol. The van der Waals surface area contributed by atoms with Crippen molar-refractivity contribution in [1.82, 2.24) is 5.32 Å². The summed E-state index contributed by atoms with van der Waals surface area (Å²) in [6.45, 7) is 5.31. The monoisotopic (exact) mass is 299 g/mol. The van der Waals surface area contributed by atoms with Crippen LogP contribution in [-0.2, 0) is 0 Å². The topological polar surface area (TPSA) is 12.0 Å². The molecule has 0 spiro atoms. The first-order valence-corrected chi connectivity index (χ1v) is 7.05. The molecule has 0 radical (unpaired) electrons. The Morgan fingerprint density at radius 3 is 2.76 bits per heavy atom. The Hall–Kier alpha value is -0.410. The average molecular weight is 300 g/mol. The second kappa shape index (κ2) is 5.07. The molecule has 1 unspecified atom stereocenters. The number of hydrogen-bond donors (Lipinski definition) is 1. The van der Waals surface area contributed by atoms with Crippen molar-refractivity contribution in [3.63, 3.8) is 0 Å². The summed E-state index contributed by atoms with van der Waals surface area (Å²) < 4.78 is 14.7. The Bertz CT molecular complexity index is 401. The largest absolute Gasteiger partial charge is 0.309 e. The molecule has 1 aromatic rings. The summed E-state index contributed by atoms with van der Waals surface area (Å²) in [7, 11) is 0. The van der Waals surface area contributed by atoms with Gasteiger partial charge in [0, 0.05) is 11.6 Å². The van der Waals surface area contributed by atoms with Crippen LogP contribution in [0.15, 0.2) is 22.7 Å². The highest BCUT2D eigenvalue weighted by Gasteiger charge is 2.46.